The Hall–Kier alpha value is -1.06. The van der Waals surface area contributed by atoms with E-state index in [9.17, 15) is 0 Å². The summed E-state index contributed by atoms with van der Waals surface area (Å²) >= 11 is 0. The lowest BCUT2D eigenvalue weighted by molar-refractivity contribution is 0.370. The molecule has 1 aromatic carbocycles. The van der Waals surface area contributed by atoms with E-state index in [1.807, 2.05) is 12.1 Å². The van der Waals surface area contributed by atoms with Gasteiger partial charge in [0.15, 0.2) is 0 Å². The van der Waals surface area contributed by atoms with Gasteiger partial charge in [0.2, 0.25) is 0 Å². The second-order valence-electron chi connectivity index (χ2n) is 5.05. The van der Waals surface area contributed by atoms with Crippen LogP contribution in [0.15, 0.2) is 24.3 Å². The third kappa shape index (κ3) is 3.72. The summed E-state index contributed by atoms with van der Waals surface area (Å²) in [5.41, 5.74) is 1.28. The molecule has 1 aromatic rings. The van der Waals surface area contributed by atoms with Crippen molar-refractivity contribution < 1.29 is 4.74 Å². The van der Waals surface area contributed by atoms with E-state index in [4.69, 9.17) is 4.74 Å². The van der Waals surface area contributed by atoms with Crippen LogP contribution >= 0.6 is 0 Å². The Morgan fingerprint density at radius 1 is 1.44 bits per heavy atom. The van der Waals surface area contributed by atoms with E-state index in [0.717, 1.165) is 12.3 Å². The molecule has 1 saturated heterocycles. The molecule has 1 heterocycles. The molecule has 1 unspecified atom stereocenters. The average Bonchev–Trinajstić information content (AvgIpc) is 2.46. The Morgan fingerprint density at radius 3 is 3.06 bits per heavy atom. The van der Waals surface area contributed by atoms with Gasteiger partial charge >= 0.3 is 0 Å². The molecule has 0 aromatic heterocycles. The summed E-state index contributed by atoms with van der Waals surface area (Å²) < 4.78 is 5.26. The molecule has 2 rings (SSSR count). The summed E-state index contributed by atoms with van der Waals surface area (Å²) in [6, 6.07) is 9.28. The second kappa shape index (κ2) is 6.76. The highest BCUT2D eigenvalue weighted by Gasteiger charge is 2.13. The van der Waals surface area contributed by atoms with Crippen molar-refractivity contribution in [2.24, 2.45) is 0 Å². The van der Waals surface area contributed by atoms with Crippen LogP contribution < -0.4 is 15.4 Å². The molecular weight excluding hydrogens is 224 g/mol. The van der Waals surface area contributed by atoms with Gasteiger partial charge in [-0.15, -0.1) is 0 Å². The lowest BCUT2D eigenvalue weighted by atomic mass is 10.0. The lowest BCUT2D eigenvalue weighted by Crippen LogP contribution is -2.42. The lowest BCUT2D eigenvalue weighted by Gasteiger charge is -2.25. The van der Waals surface area contributed by atoms with Crippen LogP contribution in [-0.4, -0.2) is 26.2 Å². The number of benzene rings is 1. The smallest absolute Gasteiger partial charge is 0.119 e. The van der Waals surface area contributed by atoms with E-state index < -0.39 is 0 Å². The molecule has 1 aliphatic heterocycles. The van der Waals surface area contributed by atoms with E-state index in [1.165, 1.54) is 31.4 Å². The highest BCUT2D eigenvalue weighted by Crippen LogP contribution is 2.19. The molecule has 0 saturated carbocycles. The van der Waals surface area contributed by atoms with Crippen molar-refractivity contribution in [3.8, 4) is 5.75 Å². The monoisotopic (exact) mass is 248 g/mol. The fraction of sp³-hybridized carbons (Fsp3) is 0.600. The molecular formula is C15H24N2O. The minimum atomic E-state index is 0.365. The van der Waals surface area contributed by atoms with Crippen molar-refractivity contribution in [2.45, 2.75) is 38.3 Å². The fourth-order valence-electron chi connectivity index (χ4n) is 2.45. The van der Waals surface area contributed by atoms with Crippen LogP contribution in [0, 0.1) is 0 Å². The average molecular weight is 248 g/mol. The van der Waals surface area contributed by atoms with Crippen LogP contribution in [0.2, 0.25) is 0 Å². The molecule has 0 aliphatic carbocycles. The molecule has 0 bridgehead atoms. The van der Waals surface area contributed by atoms with Crippen molar-refractivity contribution in [2.75, 3.05) is 20.2 Å². The van der Waals surface area contributed by atoms with Gasteiger partial charge in [-0.3, -0.25) is 0 Å². The predicted molar refractivity (Wildman–Crippen MR) is 75.1 cm³/mol. The van der Waals surface area contributed by atoms with Crippen molar-refractivity contribution in [3.05, 3.63) is 29.8 Å². The normalized spacial score (nSPS) is 21.6. The maximum Gasteiger partial charge on any atom is 0.119 e. The standard InChI is InChI=1S/C15H24N2O/c1-12(13-6-5-8-15(10-13)18-2)17-11-14-7-3-4-9-16-14/h5-6,8,10,12,14,16-17H,3-4,7,9,11H2,1-2H3/t12-,14?/m1/s1. The first-order valence-corrected chi connectivity index (χ1v) is 6.90. The highest BCUT2D eigenvalue weighted by molar-refractivity contribution is 5.30. The van der Waals surface area contributed by atoms with Crippen molar-refractivity contribution >= 4 is 0 Å². The number of nitrogens with one attached hydrogen (secondary N) is 2. The SMILES string of the molecule is COc1cccc([C@@H](C)NCC2CCCCN2)c1. The number of piperidine rings is 1. The Morgan fingerprint density at radius 2 is 2.33 bits per heavy atom. The second-order valence-corrected chi connectivity index (χ2v) is 5.05. The van der Waals surface area contributed by atoms with Crippen LogP contribution in [0.5, 0.6) is 5.75 Å². The van der Waals surface area contributed by atoms with Gasteiger partial charge in [0.05, 0.1) is 7.11 Å². The topological polar surface area (TPSA) is 33.3 Å². The zero-order chi connectivity index (χ0) is 12.8. The van der Waals surface area contributed by atoms with Crippen molar-refractivity contribution in [3.63, 3.8) is 0 Å². The maximum absolute atomic E-state index is 5.26. The van der Waals surface area contributed by atoms with Gasteiger partial charge in [-0.05, 0) is 44.0 Å². The van der Waals surface area contributed by atoms with Gasteiger partial charge in [0.25, 0.3) is 0 Å². The third-order valence-corrected chi connectivity index (χ3v) is 3.68. The molecule has 100 valence electrons. The molecule has 2 atom stereocenters. The van der Waals surface area contributed by atoms with Gasteiger partial charge in [-0.1, -0.05) is 18.6 Å². The number of hydrogen-bond donors (Lipinski definition) is 2. The number of rotatable bonds is 5. The molecule has 0 radical (unpaired) electrons. The van der Waals surface area contributed by atoms with E-state index in [1.54, 1.807) is 7.11 Å². The predicted octanol–water partition coefficient (Wildman–Crippen LogP) is 2.49. The molecule has 0 amide bonds. The molecule has 1 fully saturated rings. The first kappa shape index (κ1) is 13.4. The van der Waals surface area contributed by atoms with Crippen LogP contribution in [0.4, 0.5) is 0 Å². The van der Waals surface area contributed by atoms with Gasteiger partial charge in [0, 0.05) is 18.6 Å². The van der Waals surface area contributed by atoms with Gasteiger partial charge in [-0.25, -0.2) is 0 Å². The Balaban J connectivity index is 1.84. The number of hydrogen-bond acceptors (Lipinski definition) is 3. The van der Waals surface area contributed by atoms with Crippen molar-refractivity contribution in [1.29, 1.82) is 0 Å². The number of ether oxygens (including phenoxy) is 1. The maximum atomic E-state index is 5.26. The summed E-state index contributed by atoms with van der Waals surface area (Å²) in [5, 5.41) is 7.16. The van der Waals surface area contributed by atoms with Gasteiger partial charge in [0.1, 0.15) is 5.75 Å². The van der Waals surface area contributed by atoms with E-state index >= 15 is 0 Å². The number of methoxy groups -OCH3 is 1. The van der Waals surface area contributed by atoms with Crippen LogP contribution in [0.25, 0.3) is 0 Å². The molecule has 2 N–H and O–H groups in total. The summed E-state index contributed by atoms with van der Waals surface area (Å²) in [6.45, 7) is 4.41. The molecule has 3 nitrogen and oxygen atoms in total. The molecule has 0 spiro atoms. The summed E-state index contributed by atoms with van der Waals surface area (Å²) in [4.78, 5) is 0. The van der Waals surface area contributed by atoms with Gasteiger partial charge < -0.3 is 15.4 Å². The minimum Gasteiger partial charge on any atom is -0.497 e. The Kier molecular flexibility index (Phi) is 5.02. The van der Waals surface area contributed by atoms with E-state index in [2.05, 4.69) is 29.7 Å². The first-order chi connectivity index (χ1) is 8.79. The fourth-order valence-corrected chi connectivity index (χ4v) is 2.45. The summed E-state index contributed by atoms with van der Waals surface area (Å²) in [5.74, 6) is 0.928. The largest absolute Gasteiger partial charge is 0.497 e. The Labute approximate surface area is 110 Å². The van der Waals surface area contributed by atoms with E-state index in [0.29, 0.717) is 12.1 Å². The zero-order valence-corrected chi connectivity index (χ0v) is 11.4. The molecule has 1 aliphatic rings. The van der Waals surface area contributed by atoms with Crippen LogP contribution in [0.3, 0.4) is 0 Å². The first-order valence-electron chi connectivity index (χ1n) is 6.90. The molecule has 3 heteroatoms. The quantitative estimate of drug-likeness (QED) is 0.840. The summed E-state index contributed by atoms with van der Waals surface area (Å²) in [7, 11) is 1.71. The Bertz CT molecular complexity index is 361. The van der Waals surface area contributed by atoms with Crippen LogP contribution in [-0.2, 0) is 0 Å². The third-order valence-electron chi connectivity index (χ3n) is 3.68. The minimum absolute atomic E-state index is 0.365. The van der Waals surface area contributed by atoms with Gasteiger partial charge in [-0.2, -0.15) is 0 Å². The van der Waals surface area contributed by atoms with Crippen molar-refractivity contribution in [1.82, 2.24) is 10.6 Å². The van der Waals surface area contributed by atoms with Crippen LogP contribution in [0.1, 0.15) is 37.8 Å². The summed E-state index contributed by atoms with van der Waals surface area (Å²) in [6.07, 6.45) is 3.96. The zero-order valence-electron chi connectivity index (χ0n) is 11.4. The van der Waals surface area contributed by atoms with E-state index in [-0.39, 0.29) is 0 Å². The highest BCUT2D eigenvalue weighted by atomic mass is 16.5. The molecule has 18 heavy (non-hydrogen) atoms.